The molecule has 0 radical (unpaired) electrons. The number of nitrogens with one attached hydrogen (secondary N) is 2. The molecule has 8 nitrogen and oxygen atoms in total. The summed E-state index contributed by atoms with van der Waals surface area (Å²) in [7, 11) is 1.73. The van der Waals surface area contributed by atoms with Crippen molar-refractivity contribution >= 4 is 46.0 Å². The van der Waals surface area contributed by atoms with E-state index in [1.54, 1.807) is 35.4 Å². The van der Waals surface area contributed by atoms with E-state index in [0.717, 1.165) is 5.69 Å². The largest absolute Gasteiger partial charge is 0.364 e. The Morgan fingerprint density at radius 1 is 1.46 bits per heavy atom. The zero-order valence-electron chi connectivity index (χ0n) is 13.9. The molecule has 3 rings (SSSR count). The lowest BCUT2D eigenvalue weighted by molar-refractivity contribution is -0.111. The first-order valence-corrected chi connectivity index (χ1v) is 8.73. The van der Waals surface area contributed by atoms with Gasteiger partial charge in [-0.25, -0.2) is 4.98 Å². The van der Waals surface area contributed by atoms with Crippen LogP contribution >= 0.6 is 22.9 Å². The number of primary amides is 1. The normalized spacial score (nSPS) is 11.2. The first-order valence-electron chi connectivity index (χ1n) is 7.47. The Bertz CT molecular complexity index is 1020. The summed E-state index contributed by atoms with van der Waals surface area (Å²) < 4.78 is 1.54. The van der Waals surface area contributed by atoms with Crippen LogP contribution in [0.4, 0.5) is 5.13 Å². The van der Waals surface area contributed by atoms with Crippen molar-refractivity contribution in [3.63, 3.8) is 0 Å². The lowest BCUT2D eigenvalue weighted by atomic mass is 10.2. The Morgan fingerprint density at radius 3 is 2.85 bits per heavy atom. The van der Waals surface area contributed by atoms with E-state index in [2.05, 4.69) is 20.4 Å². The number of aromatic amines is 1. The van der Waals surface area contributed by atoms with E-state index in [9.17, 15) is 9.59 Å². The van der Waals surface area contributed by atoms with Crippen LogP contribution in [0.3, 0.4) is 0 Å². The molecular formula is C16H15ClN6O2S. The van der Waals surface area contributed by atoms with Gasteiger partial charge in [0.2, 0.25) is 5.91 Å². The molecule has 0 fully saturated rings. The molecule has 0 aromatic carbocycles. The molecule has 0 aliphatic carbocycles. The minimum Gasteiger partial charge on any atom is -0.364 e. The molecule has 2 amide bonds. The molecule has 10 heteroatoms. The fraction of sp³-hybridized carbons (Fsp3) is 0.125. The van der Waals surface area contributed by atoms with E-state index in [1.807, 2.05) is 6.92 Å². The van der Waals surface area contributed by atoms with Crippen molar-refractivity contribution in [3.8, 4) is 11.3 Å². The number of carbonyl (C=O) groups excluding carboxylic acids is 2. The maximum absolute atomic E-state index is 12.1. The van der Waals surface area contributed by atoms with Gasteiger partial charge in [0, 0.05) is 35.8 Å². The molecule has 3 heterocycles. The van der Waals surface area contributed by atoms with Gasteiger partial charge in [-0.15, -0.1) is 11.3 Å². The van der Waals surface area contributed by atoms with Gasteiger partial charge >= 0.3 is 0 Å². The number of nitrogens with zero attached hydrogens (tertiary/aromatic N) is 3. The third kappa shape index (κ3) is 3.68. The van der Waals surface area contributed by atoms with Gasteiger partial charge in [-0.3, -0.25) is 19.6 Å². The maximum atomic E-state index is 12.1. The molecule has 0 aliphatic heterocycles. The summed E-state index contributed by atoms with van der Waals surface area (Å²) >= 11 is 7.40. The van der Waals surface area contributed by atoms with E-state index < -0.39 is 5.91 Å². The third-order valence-electron chi connectivity index (χ3n) is 3.58. The number of carbonyl (C=O) groups is 2. The predicted molar refractivity (Wildman–Crippen MR) is 101 cm³/mol. The summed E-state index contributed by atoms with van der Waals surface area (Å²) in [4.78, 5) is 30.3. The number of hydrogen-bond donors (Lipinski definition) is 3. The highest BCUT2D eigenvalue weighted by Gasteiger charge is 2.11. The minimum atomic E-state index is -0.547. The Kier molecular flexibility index (Phi) is 4.92. The Hall–Kier alpha value is -2.91. The van der Waals surface area contributed by atoms with Crippen molar-refractivity contribution in [1.82, 2.24) is 19.7 Å². The average molecular weight is 391 g/mol. The summed E-state index contributed by atoms with van der Waals surface area (Å²) in [5.41, 5.74) is 8.27. The zero-order chi connectivity index (χ0) is 18.8. The second kappa shape index (κ2) is 7.14. The van der Waals surface area contributed by atoms with Crippen LogP contribution in [0.15, 0.2) is 23.7 Å². The van der Waals surface area contributed by atoms with Gasteiger partial charge < -0.3 is 10.7 Å². The fourth-order valence-corrected chi connectivity index (χ4v) is 3.25. The smallest absolute Gasteiger partial charge is 0.265 e. The van der Waals surface area contributed by atoms with Crippen molar-refractivity contribution < 1.29 is 9.59 Å². The van der Waals surface area contributed by atoms with Crippen LogP contribution in [-0.4, -0.2) is 31.6 Å². The van der Waals surface area contributed by atoms with Crippen LogP contribution in [-0.2, 0) is 11.8 Å². The van der Waals surface area contributed by atoms with Crippen molar-refractivity contribution in [3.05, 3.63) is 45.8 Å². The van der Waals surface area contributed by atoms with Gasteiger partial charge in [0.15, 0.2) is 5.13 Å². The number of halogens is 1. The van der Waals surface area contributed by atoms with Crippen LogP contribution < -0.4 is 11.1 Å². The molecule has 26 heavy (non-hydrogen) atoms. The second-order valence-electron chi connectivity index (χ2n) is 5.44. The van der Waals surface area contributed by atoms with Gasteiger partial charge in [0.25, 0.3) is 5.91 Å². The lowest BCUT2D eigenvalue weighted by Crippen LogP contribution is -2.10. The van der Waals surface area contributed by atoms with Crippen LogP contribution in [0.5, 0.6) is 0 Å². The Balaban J connectivity index is 1.69. The van der Waals surface area contributed by atoms with Crippen LogP contribution in [0, 0.1) is 6.92 Å². The molecule has 3 aromatic heterocycles. The summed E-state index contributed by atoms with van der Waals surface area (Å²) in [6, 6.07) is 1.61. The predicted octanol–water partition coefficient (Wildman–Crippen LogP) is 2.58. The number of rotatable bonds is 5. The number of anilines is 1. The molecule has 3 aromatic rings. The van der Waals surface area contributed by atoms with E-state index in [-0.39, 0.29) is 5.91 Å². The molecule has 134 valence electrons. The quantitative estimate of drug-likeness (QED) is 0.580. The van der Waals surface area contributed by atoms with E-state index >= 15 is 0 Å². The summed E-state index contributed by atoms with van der Waals surface area (Å²) in [5.74, 6) is -0.883. The zero-order valence-corrected chi connectivity index (χ0v) is 15.5. The number of amides is 2. The van der Waals surface area contributed by atoms with Gasteiger partial charge in [-0.05, 0) is 19.1 Å². The number of hydrogen-bond acceptors (Lipinski definition) is 5. The highest BCUT2D eigenvalue weighted by molar-refractivity contribution is 7.14. The van der Waals surface area contributed by atoms with E-state index in [1.165, 1.54) is 17.4 Å². The molecule has 0 bridgehead atoms. The van der Waals surface area contributed by atoms with Gasteiger partial charge in [0.05, 0.1) is 11.4 Å². The molecule has 0 saturated carbocycles. The molecule has 0 saturated heterocycles. The molecule has 0 unspecified atom stereocenters. The highest BCUT2D eigenvalue weighted by Crippen LogP contribution is 2.25. The standard InChI is InChI=1S/C16H15ClN6O2S/c1-8-10(14(17)23(2)22-8)3-4-13(24)21-16-20-12(7-26-16)9-5-11(15(18)25)19-6-9/h3-7,19H,1-2H3,(H2,18,25)(H,20,21,24)/b4-3+. The van der Waals surface area contributed by atoms with Crippen molar-refractivity contribution in [2.45, 2.75) is 6.92 Å². The van der Waals surface area contributed by atoms with Gasteiger partial charge in [-0.2, -0.15) is 5.10 Å². The number of aromatic nitrogens is 4. The van der Waals surface area contributed by atoms with Crippen LogP contribution in [0.1, 0.15) is 21.7 Å². The summed E-state index contributed by atoms with van der Waals surface area (Å²) in [6.07, 6.45) is 4.62. The number of aryl methyl sites for hydroxylation is 2. The molecule has 0 spiro atoms. The first-order chi connectivity index (χ1) is 12.3. The molecule has 0 aliphatic rings. The average Bonchev–Trinajstić information content (AvgIpc) is 3.27. The molecule has 0 atom stereocenters. The van der Waals surface area contributed by atoms with Crippen molar-refractivity contribution in [1.29, 1.82) is 0 Å². The summed E-state index contributed by atoms with van der Waals surface area (Å²) in [6.45, 7) is 1.81. The van der Waals surface area contributed by atoms with Crippen molar-refractivity contribution in [2.24, 2.45) is 12.8 Å². The van der Waals surface area contributed by atoms with Crippen molar-refractivity contribution in [2.75, 3.05) is 5.32 Å². The number of H-pyrrole nitrogens is 1. The molecule has 4 N–H and O–H groups in total. The SMILES string of the molecule is Cc1nn(C)c(Cl)c1/C=C/C(=O)Nc1nc(-c2c[nH]c(C(N)=O)c2)cs1. The Morgan fingerprint density at radius 2 is 2.23 bits per heavy atom. The minimum absolute atomic E-state index is 0.297. The lowest BCUT2D eigenvalue weighted by Gasteiger charge is -1.96. The van der Waals surface area contributed by atoms with E-state index in [4.69, 9.17) is 17.3 Å². The first kappa shape index (κ1) is 17.9. The topological polar surface area (TPSA) is 119 Å². The highest BCUT2D eigenvalue weighted by atomic mass is 35.5. The van der Waals surface area contributed by atoms with E-state index in [0.29, 0.717) is 32.8 Å². The fourth-order valence-electron chi connectivity index (χ4n) is 2.29. The second-order valence-corrected chi connectivity index (χ2v) is 6.66. The van der Waals surface area contributed by atoms with Gasteiger partial charge in [0.1, 0.15) is 10.8 Å². The van der Waals surface area contributed by atoms with Crippen LogP contribution in [0.2, 0.25) is 5.15 Å². The maximum Gasteiger partial charge on any atom is 0.265 e. The Labute approximate surface area is 157 Å². The summed E-state index contributed by atoms with van der Waals surface area (Å²) in [5, 5.41) is 9.53. The molecular weight excluding hydrogens is 376 g/mol. The number of nitrogens with two attached hydrogens (primary N) is 1. The monoisotopic (exact) mass is 390 g/mol. The third-order valence-corrected chi connectivity index (χ3v) is 4.78. The van der Waals surface area contributed by atoms with Gasteiger partial charge in [-0.1, -0.05) is 11.6 Å². The van der Waals surface area contributed by atoms with Crippen LogP contribution in [0.25, 0.3) is 17.3 Å². The number of thiazole rings is 1.